The Kier molecular flexibility index (Phi) is 6.45. The molecule has 8 heteroatoms. The van der Waals surface area contributed by atoms with Crippen LogP contribution in [0.4, 0.5) is 17.6 Å². The molecule has 30 heavy (non-hydrogen) atoms. The number of nitrogens with zero attached hydrogens (tertiary/aromatic N) is 1. The number of likely N-dealkylation sites (tertiary alicyclic amines) is 1. The van der Waals surface area contributed by atoms with Crippen LogP contribution in [0.5, 0.6) is 5.75 Å². The second-order valence-corrected chi connectivity index (χ2v) is 7.15. The number of carbonyl (C=O) groups is 1. The molecule has 2 aromatic carbocycles. The van der Waals surface area contributed by atoms with Crippen molar-refractivity contribution < 1.29 is 32.2 Å². The number of hydrogen-bond donors (Lipinski definition) is 1. The number of benzene rings is 2. The smallest absolute Gasteiger partial charge is 0.406 e. The maximum Gasteiger partial charge on any atom is 0.573 e. The van der Waals surface area contributed by atoms with E-state index in [0.717, 1.165) is 5.56 Å². The molecule has 0 aliphatic carbocycles. The summed E-state index contributed by atoms with van der Waals surface area (Å²) >= 11 is 0. The van der Waals surface area contributed by atoms with E-state index in [0.29, 0.717) is 5.56 Å². The molecule has 1 amide bonds. The predicted molar refractivity (Wildman–Crippen MR) is 103 cm³/mol. The fraction of sp³-hybridized carbons (Fsp3) is 0.318. The van der Waals surface area contributed by atoms with Crippen molar-refractivity contribution in [1.29, 1.82) is 0 Å². The Balaban J connectivity index is 1.56. The fourth-order valence-electron chi connectivity index (χ4n) is 3.40. The number of piperidine rings is 1. The minimum Gasteiger partial charge on any atom is -0.406 e. The molecule has 0 aromatic heterocycles. The van der Waals surface area contributed by atoms with Gasteiger partial charge in [0.05, 0.1) is 5.60 Å². The molecule has 4 nitrogen and oxygen atoms in total. The lowest BCUT2D eigenvalue weighted by atomic mass is 9.84. The highest BCUT2D eigenvalue weighted by atomic mass is 19.4. The minimum atomic E-state index is -4.81. The first-order valence-electron chi connectivity index (χ1n) is 9.43. The van der Waals surface area contributed by atoms with Gasteiger partial charge < -0.3 is 14.7 Å². The van der Waals surface area contributed by atoms with Gasteiger partial charge in [0.25, 0.3) is 0 Å². The lowest BCUT2D eigenvalue weighted by Gasteiger charge is -2.38. The number of hydrogen-bond acceptors (Lipinski definition) is 3. The monoisotopic (exact) mass is 423 g/mol. The lowest BCUT2D eigenvalue weighted by molar-refractivity contribution is -0.274. The zero-order valence-corrected chi connectivity index (χ0v) is 16.0. The third kappa shape index (κ3) is 5.82. The summed E-state index contributed by atoms with van der Waals surface area (Å²) in [6.07, 6.45) is -0.826. The summed E-state index contributed by atoms with van der Waals surface area (Å²) in [5.74, 6) is -0.845. The Labute approximate surface area is 171 Å². The van der Waals surface area contributed by atoms with Crippen molar-refractivity contribution >= 4 is 12.0 Å². The highest BCUT2D eigenvalue weighted by molar-refractivity contribution is 5.78. The molecule has 0 bridgehead atoms. The van der Waals surface area contributed by atoms with Crippen LogP contribution in [0.3, 0.4) is 0 Å². The van der Waals surface area contributed by atoms with Crippen molar-refractivity contribution in [2.45, 2.75) is 31.2 Å². The van der Waals surface area contributed by atoms with Crippen molar-refractivity contribution in [3.05, 3.63) is 71.6 Å². The highest BCUT2D eigenvalue weighted by Gasteiger charge is 2.36. The van der Waals surface area contributed by atoms with Gasteiger partial charge in [0.2, 0.25) is 5.91 Å². The minimum absolute atomic E-state index is 0.121. The standard InChI is InChI=1S/C22H21F4NO3/c23-18-9-7-16(8-10-18)3-1-6-20(28)27-13-11-21(29,12-14-27)17-4-2-5-19(15-17)30-22(24,25)26/h1-5,7-10,15,29H,6,11-14H2/b3-1+. The molecule has 1 saturated heterocycles. The fourth-order valence-corrected chi connectivity index (χ4v) is 3.40. The van der Waals surface area contributed by atoms with E-state index >= 15 is 0 Å². The molecule has 2 aromatic rings. The van der Waals surface area contributed by atoms with E-state index < -0.39 is 17.7 Å². The Morgan fingerprint density at radius 3 is 2.43 bits per heavy atom. The van der Waals surface area contributed by atoms with E-state index in [1.807, 2.05) is 0 Å². The van der Waals surface area contributed by atoms with Crippen LogP contribution in [0.25, 0.3) is 6.08 Å². The Hall–Kier alpha value is -2.87. The van der Waals surface area contributed by atoms with Crippen LogP contribution < -0.4 is 4.74 Å². The van der Waals surface area contributed by atoms with Crippen LogP contribution in [0, 0.1) is 5.82 Å². The maximum atomic E-state index is 12.9. The van der Waals surface area contributed by atoms with E-state index in [-0.39, 0.29) is 44.1 Å². The molecule has 1 aliphatic heterocycles. The van der Waals surface area contributed by atoms with Gasteiger partial charge in [-0.1, -0.05) is 36.4 Å². The van der Waals surface area contributed by atoms with E-state index in [4.69, 9.17) is 0 Å². The summed E-state index contributed by atoms with van der Waals surface area (Å²) in [7, 11) is 0. The lowest BCUT2D eigenvalue weighted by Crippen LogP contribution is -2.45. The average Bonchev–Trinajstić information content (AvgIpc) is 2.69. The molecule has 1 fully saturated rings. The first-order valence-corrected chi connectivity index (χ1v) is 9.43. The normalized spacial score (nSPS) is 16.6. The molecule has 3 rings (SSSR count). The van der Waals surface area contributed by atoms with Gasteiger partial charge in [-0.3, -0.25) is 4.79 Å². The molecular weight excluding hydrogens is 402 g/mol. The van der Waals surface area contributed by atoms with Crippen LogP contribution >= 0.6 is 0 Å². The van der Waals surface area contributed by atoms with Gasteiger partial charge in [0.1, 0.15) is 11.6 Å². The topological polar surface area (TPSA) is 49.8 Å². The third-order valence-electron chi connectivity index (χ3n) is 5.02. The van der Waals surface area contributed by atoms with Crippen molar-refractivity contribution in [3.8, 4) is 5.75 Å². The first-order chi connectivity index (χ1) is 14.1. The van der Waals surface area contributed by atoms with Crippen LogP contribution in [-0.2, 0) is 10.4 Å². The van der Waals surface area contributed by atoms with Gasteiger partial charge >= 0.3 is 6.36 Å². The molecule has 160 valence electrons. The van der Waals surface area contributed by atoms with Gasteiger partial charge in [0.15, 0.2) is 0 Å². The van der Waals surface area contributed by atoms with Gasteiger partial charge in [-0.2, -0.15) is 0 Å². The molecule has 0 spiro atoms. The van der Waals surface area contributed by atoms with Crippen LogP contribution in [0.2, 0.25) is 0 Å². The first kappa shape index (κ1) is 21.8. The molecule has 0 radical (unpaired) electrons. The molecule has 0 unspecified atom stereocenters. The average molecular weight is 423 g/mol. The summed E-state index contributed by atoms with van der Waals surface area (Å²) in [6.45, 7) is 0.564. The number of carbonyl (C=O) groups excluding carboxylic acids is 1. The van der Waals surface area contributed by atoms with Gasteiger partial charge in [0, 0.05) is 19.5 Å². The summed E-state index contributed by atoms with van der Waals surface area (Å²) in [5, 5.41) is 10.9. The maximum absolute atomic E-state index is 12.9. The Morgan fingerprint density at radius 1 is 1.13 bits per heavy atom. The van der Waals surface area contributed by atoms with Crippen molar-refractivity contribution in [3.63, 3.8) is 0 Å². The van der Waals surface area contributed by atoms with E-state index in [1.165, 1.54) is 30.3 Å². The third-order valence-corrected chi connectivity index (χ3v) is 5.02. The summed E-state index contributed by atoms with van der Waals surface area (Å²) in [4.78, 5) is 14.0. The highest BCUT2D eigenvalue weighted by Crippen LogP contribution is 2.35. The van der Waals surface area contributed by atoms with Gasteiger partial charge in [-0.25, -0.2) is 4.39 Å². The Bertz CT molecular complexity index is 901. The van der Waals surface area contributed by atoms with E-state index in [9.17, 15) is 27.5 Å². The van der Waals surface area contributed by atoms with Crippen molar-refractivity contribution in [2.24, 2.45) is 0 Å². The second-order valence-electron chi connectivity index (χ2n) is 7.15. The molecular formula is C22H21F4NO3. The molecule has 0 saturated carbocycles. The number of ether oxygens (including phenoxy) is 1. The predicted octanol–water partition coefficient (Wildman–Crippen LogP) is 4.64. The second kappa shape index (κ2) is 8.87. The molecule has 0 atom stereocenters. The Morgan fingerprint density at radius 2 is 1.80 bits per heavy atom. The van der Waals surface area contributed by atoms with Gasteiger partial charge in [-0.15, -0.1) is 13.2 Å². The van der Waals surface area contributed by atoms with Gasteiger partial charge in [-0.05, 0) is 48.2 Å². The quantitative estimate of drug-likeness (QED) is 0.713. The van der Waals surface area contributed by atoms with Crippen molar-refractivity contribution in [1.82, 2.24) is 4.90 Å². The number of rotatable bonds is 5. The number of aliphatic hydroxyl groups is 1. The molecule has 1 heterocycles. The van der Waals surface area contributed by atoms with E-state index in [2.05, 4.69) is 4.74 Å². The van der Waals surface area contributed by atoms with Crippen LogP contribution in [0.1, 0.15) is 30.4 Å². The summed E-state index contributed by atoms with van der Waals surface area (Å²) in [5.41, 5.74) is -0.225. The number of alkyl halides is 3. The zero-order valence-electron chi connectivity index (χ0n) is 16.0. The molecule has 1 N–H and O–H groups in total. The number of halogens is 4. The SMILES string of the molecule is O=C(C/C=C/c1ccc(F)cc1)N1CCC(O)(c2cccc(OC(F)(F)F)c2)CC1. The molecule has 1 aliphatic rings. The summed E-state index contributed by atoms with van der Waals surface area (Å²) < 4.78 is 54.1. The van der Waals surface area contributed by atoms with Crippen LogP contribution in [0.15, 0.2) is 54.6 Å². The largest absolute Gasteiger partial charge is 0.573 e. The van der Waals surface area contributed by atoms with Crippen LogP contribution in [-0.4, -0.2) is 35.4 Å². The van der Waals surface area contributed by atoms with E-state index in [1.54, 1.807) is 35.3 Å². The van der Waals surface area contributed by atoms with Crippen molar-refractivity contribution in [2.75, 3.05) is 13.1 Å². The summed E-state index contributed by atoms with van der Waals surface area (Å²) in [6, 6.07) is 11.2. The number of amides is 1. The zero-order chi connectivity index (χ0) is 21.8.